The summed E-state index contributed by atoms with van der Waals surface area (Å²) in [5.41, 5.74) is -0.0249. The van der Waals surface area contributed by atoms with E-state index in [0.29, 0.717) is 5.75 Å². The average Bonchev–Trinajstić information content (AvgIpc) is 2.65. The van der Waals surface area contributed by atoms with E-state index in [1.54, 1.807) is 24.3 Å². The summed E-state index contributed by atoms with van der Waals surface area (Å²) < 4.78 is 10.2. The van der Waals surface area contributed by atoms with E-state index >= 15 is 0 Å². The Bertz CT molecular complexity index is 871. The molecule has 142 valence electrons. The van der Waals surface area contributed by atoms with Crippen LogP contribution in [0.5, 0.6) is 5.75 Å². The number of ether oxygens (including phenoxy) is 2. The van der Waals surface area contributed by atoms with Crippen molar-refractivity contribution >= 4 is 29.2 Å². The molecule has 9 heteroatoms. The number of nitrogens with zero attached hydrogens (tertiary/aromatic N) is 1. The van der Waals surface area contributed by atoms with Crippen molar-refractivity contribution in [2.24, 2.45) is 0 Å². The van der Waals surface area contributed by atoms with Crippen LogP contribution in [0.4, 0.5) is 5.69 Å². The fraction of sp³-hybridized carbons (Fsp3) is 0.222. The summed E-state index contributed by atoms with van der Waals surface area (Å²) in [6, 6.07) is 10.7. The number of rotatable bonds is 7. The van der Waals surface area contributed by atoms with E-state index in [-0.39, 0.29) is 17.1 Å². The zero-order chi connectivity index (χ0) is 20.0. The second kappa shape index (κ2) is 9.00. The molecule has 0 saturated heterocycles. The second-order valence-electron chi connectivity index (χ2n) is 5.50. The van der Waals surface area contributed by atoms with Gasteiger partial charge in [-0.15, -0.1) is 0 Å². The Morgan fingerprint density at radius 3 is 2.63 bits per heavy atom. The normalized spacial score (nSPS) is 11.4. The van der Waals surface area contributed by atoms with E-state index in [2.05, 4.69) is 5.32 Å². The number of halogens is 1. The van der Waals surface area contributed by atoms with E-state index in [1.807, 2.05) is 0 Å². The summed E-state index contributed by atoms with van der Waals surface area (Å²) in [7, 11) is 1.52. The number of esters is 1. The third-order valence-corrected chi connectivity index (χ3v) is 3.91. The zero-order valence-electron chi connectivity index (χ0n) is 14.6. The maximum atomic E-state index is 12.2. The summed E-state index contributed by atoms with van der Waals surface area (Å²) in [6.45, 7) is 1.54. The Hall–Kier alpha value is -3.13. The van der Waals surface area contributed by atoms with Gasteiger partial charge in [0.25, 0.3) is 11.6 Å². The Morgan fingerprint density at radius 1 is 1.26 bits per heavy atom. The standard InChI is InChI=1S/C18H17ClN2O6/c1-11(17(22)20-10-12-5-3-4-6-16(12)26-2)27-18(23)14-8-7-13(19)9-15(14)21(24)25/h3-9,11H,10H2,1-2H3,(H,20,22). The minimum absolute atomic E-state index is 0.112. The van der Waals surface area contributed by atoms with E-state index < -0.39 is 28.6 Å². The minimum Gasteiger partial charge on any atom is -0.496 e. The van der Waals surface area contributed by atoms with Crippen molar-refractivity contribution in [1.82, 2.24) is 5.32 Å². The SMILES string of the molecule is COc1ccccc1CNC(=O)C(C)OC(=O)c1ccc(Cl)cc1[N+](=O)[O-]. The van der Waals surface area contributed by atoms with Gasteiger partial charge in [-0.25, -0.2) is 4.79 Å². The molecule has 1 unspecified atom stereocenters. The molecule has 1 atom stereocenters. The summed E-state index contributed by atoms with van der Waals surface area (Å²) in [4.78, 5) is 34.7. The summed E-state index contributed by atoms with van der Waals surface area (Å²) >= 11 is 5.72. The van der Waals surface area contributed by atoms with Crippen LogP contribution in [0, 0.1) is 10.1 Å². The van der Waals surface area contributed by atoms with E-state index in [4.69, 9.17) is 21.1 Å². The number of hydrogen-bond donors (Lipinski definition) is 1. The van der Waals surface area contributed by atoms with Gasteiger partial charge in [-0.1, -0.05) is 29.8 Å². The fourth-order valence-electron chi connectivity index (χ4n) is 2.28. The second-order valence-corrected chi connectivity index (χ2v) is 5.93. The van der Waals surface area contributed by atoms with Gasteiger partial charge in [0, 0.05) is 23.2 Å². The van der Waals surface area contributed by atoms with Gasteiger partial charge in [-0.2, -0.15) is 0 Å². The van der Waals surface area contributed by atoms with Crippen molar-refractivity contribution < 1.29 is 24.0 Å². The highest BCUT2D eigenvalue weighted by Crippen LogP contribution is 2.24. The summed E-state index contributed by atoms with van der Waals surface area (Å²) in [5.74, 6) is -0.927. The van der Waals surface area contributed by atoms with Gasteiger partial charge in [-0.3, -0.25) is 14.9 Å². The lowest BCUT2D eigenvalue weighted by Crippen LogP contribution is -2.35. The van der Waals surface area contributed by atoms with Gasteiger partial charge in [-0.05, 0) is 25.1 Å². The molecule has 2 rings (SSSR count). The molecule has 27 heavy (non-hydrogen) atoms. The highest BCUT2D eigenvalue weighted by molar-refractivity contribution is 6.31. The third-order valence-electron chi connectivity index (χ3n) is 3.68. The number of para-hydroxylation sites is 1. The van der Waals surface area contributed by atoms with Gasteiger partial charge in [0.2, 0.25) is 0 Å². The Kier molecular flexibility index (Phi) is 6.73. The van der Waals surface area contributed by atoms with Crippen LogP contribution in [0.3, 0.4) is 0 Å². The average molecular weight is 393 g/mol. The number of hydrogen-bond acceptors (Lipinski definition) is 6. The molecule has 0 bridgehead atoms. The molecule has 0 saturated carbocycles. The first-order valence-electron chi connectivity index (χ1n) is 7.88. The van der Waals surface area contributed by atoms with Crippen LogP contribution in [0.1, 0.15) is 22.8 Å². The van der Waals surface area contributed by atoms with E-state index in [0.717, 1.165) is 11.6 Å². The van der Waals surface area contributed by atoms with Crippen molar-refractivity contribution in [1.29, 1.82) is 0 Å². The van der Waals surface area contributed by atoms with Crippen molar-refractivity contribution in [3.8, 4) is 5.75 Å². The van der Waals surface area contributed by atoms with Crippen molar-refractivity contribution in [3.05, 3.63) is 68.7 Å². The molecule has 0 aliphatic heterocycles. The third kappa shape index (κ3) is 5.18. The van der Waals surface area contributed by atoms with E-state index in [9.17, 15) is 19.7 Å². The summed E-state index contributed by atoms with van der Waals surface area (Å²) in [6.07, 6.45) is -1.15. The monoisotopic (exact) mass is 392 g/mol. The molecule has 0 aliphatic carbocycles. The predicted octanol–water partition coefficient (Wildman–Crippen LogP) is 3.12. The molecule has 0 aromatic heterocycles. The van der Waals surface area contributed by atoms with Crippen molar-refractivity contribution in [3.63, 3.8) is 0 Å². The first-order valence-corrected chi connectivity index (χ1v) is 8.25. The molecule has 8 nitrogen and oxygen atoms in total. The van der Waals surface area contributed by atoms with Crippen LogP contribution in [0.2, 0.25) is 5.02 Å². The highest BCUT2D eigenvalue weighted by Gasteiger charge is 2.25. The quantitative estimate of drug-likeness (QED) is 0.440. The number of carbonyl (C=O) groups is 2. The molecule has 0 radical (unpaired) electrons. The highest BCUT2D eigenvalue weighted by atomic mass is 35.5. The number of amides is 1. The molecule has 1 N–H and O–H groups in total. The molecular weight excluding hydrogens is 376 g/mol. The maximum absolute atomic E-state index is 12.2. The molecule has 2 aromatic carbocycles. The fourth-order valence-corrected chi connectivity index (χ4v) is 2.45. The topological polar surface area (TPSA) is 108 Å². The largest absolute Gasteiger partial charge is 0.496 e. The molecular formula is C18H17ClN2O6. The number of benzene rings is 2. The molecule has 0 spiro atoms. The van der Waals surface area contributed by atoms with Gasteiger partial charge < -0.3 is 14.8 Å². The smallest absolute Gasteiger partial charge is 0.345 e. The minimum atomic E-state index is -1.15. The number of methoxy groups -OCH3 is 1. The molecule has 2 aromatic rings. The lowest BCUT2D eigenvalue weighted by molar-refractivity contribution is -0.385. The Balaban J connectivity index is 2.02. The van der Waals surface area contributed by atoms with Gasteiger partial charge in [0.15, 0.2) is 6.10 Å². The molecule has 0 heterocycles. The number of nitrogens with one attached hydrogen (secondary N) is 1. The van der Waals surface area contributed by atoms with Crippen LogP contribution >= 0.6 is 11.6 Å². The van der Waals surface area contributed by atoms with Gasteiger partial charge >= 0.3 is 5.97 Å². The van der Waals surface area contributed by atoms with Gasteiger partial charge in [0.05, 0.1) is 12.0 Å². The maximum Gasteiger partial charge on any atom is 0.345 e. The lowest BCUT2D eigenvalue weighted by Gasteiger charge is -2.14. The Labute approximate surface area is 160 Å². The van der Waals surface area contributed by atoms with Crippen LogP contribution in [0.15, 0.2) is 42.5 Å². The molecule has 0 aliphatic rings. The van der Waals surface area contributed by atoms with Crippen LogP contribution < -0.4 is 10.1 Å². The number of nitro benzene ring substituents is 1. The van der Waals surface area contributed by atoms with Crippen molar-refractivity contribution in [2.75, 3.05) is 7.11 Å². The molecule has 0 fully saturated rings. The van der Waals surface area contributed by atoms with Crippen LogP contribution in [0.25, 0.3) is 0 Å². The molecule has 1 amide bonds. The van der Waals surface area contributed by atoms with Crippen LogP contribution in [-0.4, -0.2) is 30.0 Å². The number of carbonyl (C=O) groups excluding carboxylic acids is 2. The van der Waals surface area contributed by atoms with E-state index in [1.165, 1.54) is 26.2 Å². The lowest BCUT2D eigenvalue weighted by atomic mass is 10.2. The zero-order valence-corrected chi connectivity index (χ0v) is 15.4. The van der Waals surface area contributed by atoms with Crippen LogP contribution in [-0.2, 0) is 16.1 Å². The van der Waals surface area contributed by atoms with Gasteiger partial charge in [0.1, 0.15) is 11.3 Å². The first-order chi connectivity index (χ1) is 12.8. The Morgan fingerprint density at radius 2 is 1.96 bits per heavy atom. The predicted molar refractivity (Wildman–Crippen MR) is 97.8 cm³/mol. The van der Waals surface area contributed by atoms with Crippen molar-refractivity contribution in [2.45, 2.75) is 19.6 Å². The first kappa shape index (κ1) is 20.2. The summed E-state index contributed by atoms with van der Waals surface area (Å²) in [5, 5.41) is 13.8. The number of nitro groups is 1.